The molecule has 13 heavy (non-hydrogen) atoms. The van der Waals surface area contributed by atoms with Gasteiger partial charge < -0.3 is 0 Å². The summed E-state index contributed by atoms with van der Waals surface area (Å²) in [5, 5.41) is 0. The number of benzene rings is 1. The Labute approximate surface area is 77.9 Å². The van der Waals surface area contributed by atoms with Crippen LogP contribution >= 0.6 is 0 Å². The lowest BCUT2D eigenvalue weighted by Crippen LogP contribution is -2.20. The second kappa shape index (κ2) is 3.87. The van der Waals surface area contributed by atoms with Crippen molar-refractivity contribution in [3.05, 3.63) is 35.4 Å². The summed E-state index contributed by atoms with van der Waals surface area (Å²) in [6.45, 7) is 2.20. The normalized spacial score (nSPS) is 15.2. The molecule has 0 amide bonds. The van der Waals surface area contributed by atoms with Gasteiger partial charge in [0.1, 0.15) is 0 Å². The van der Waals surface area contributed by atoms with Gasteiger partial charge in [-0.15, -0.1) is 0 Å². The highest BCUT2D eigenvalue weighted by Crippen LogP contribution is 2.02. The van der Waals surface area contributed by atoms with E-state index in [2.05, 4.69) is 4.72 Å². The van der Waals surface area contributed by atoms with Gasteiger partial charge in [-0.2, -0.15) is 0 Å². The van der Waals surface area contributed by atoms with E-state index in [4.69, 9.17) is 9.33 Å². The first-order valence-electron chi connectivity index (χ1n) is 3.79. The highest BCUT2D eigenvalue weighted by molar-refractivity contribution is 7.84. The molecule has 0 aliphatic carbocycles. The predicted octanol–water partition coefficient (Wildman–Crippen LogP) is 1.52. The Bertz CT molecular complexity index is 370. The fraction of sp³-hybridized carbons (Fsp3) is 0.250. The molecule has 1 atom stereocenters. The van der Waals surface area contributed by atoms with Crippen LogP contribution in [0.5, 0.6) is 0 Å². The van der Waals surface area contributed by atoms with Gasteiger partial charge in [-0.3, -0.25) is 4.55 Å². The van der Waals surface area contributed by atoms with Crippen molar-refractivity contribution in [1.29, 1.82) is 4.78 Å². The zero-order valence-corrected chi connectivity index (χ0v) is 8.10. The SMILES string of the molecule is Cc1ccc(CNS(=N)(=O)O)cc1. The number of aryl methyl sites for hydroxylation is 1. The van der Waals surface area contributed by atoms with Crippen LogP contribution in [-0.2, 0) is 16.7 Å². The summed E-state index contributed by atoms with van der Waals surface area (Å²) in [4.78, 5) is 0. The first kappa shape index (κ1) is 10.2. The first-order chi connectivity index (χ1) is 5.97. The Morgan fingerprint density at radius 3 is 2.46 bits per heavy atom. The van der Waals surface area contributed by atoms with Crippen molar-refractivity contribution in [2.45, 2.75) is 13.5 Å². The third-order valence-electron chi connectivity index (χ3n) is 1.59. The summed E-state index contributed by atoms with van der Waals surface area (Å²) in [6.07, 6.45) is 0. The summed E-state index contributed by atoms with van der Waals surface area (Å²) in [6, 6.07) is 7.54. The number of nitrogens with one attached hydrogen (secondary N) is 2. The largest absolute Gasteiger partial charge is 0.289 e. The van der Waals surface area contributed by atoms with E-state index in [0.29, 0.717) is 0 Å². The molecule has 1 aromatic rings. The molecule has 3 N–H and O–H groups in total. The number of hydrogen-bond acceptors (Lipinski definition) is 2. The van der Waals surface area contributed by atoms with Gasteiger partial charge in [0.2, 0.25) is 10.2 Å². The Morgan fingerprint density at radius 1 is 1.46 bits per heavy atom. The lowest BCUT2D eigenvalue weighted by atomic mass is 10.2. The summed E-state index contributed by atoms with van der Waals surface area (Å²) < 4.78 is 28.1. The van der Waals surface area contributed by atoms with E-state index in [1.54, 1.807) is 0 Å². The molecule has 0 radical (unpaired) electrons. The van der Waals surface area contributed by atoms with E-state index in [1.165, 1.54) is 0 Å². The van der Waals surface area contributed by atoms with Gasteiger partial charge in [0.15, 0.2) is 0 Å². The van der Waals surface area contributed by atoms with Crippen molar-refractivity contribution in [3.8, 4) is 0 Å². The van der Waals surface area contributed by atoms with Gasteiger partial charge >= 0.3 is 0 Å². The van der Waals surface area contributed by atoms with Crippen molar-refractivity contribution in [2.24, 2.45) is 0 Å². The van der Waals surface area contributed by atoms with Crippen LogP contribution in [0.4, 0.5) is 0 Å². The molecule has 0 aliphatic heterocycles. The maximum atomic E-state index is 10.5. The molecule has 5 heteroatoms. The van der Waals surface area contributed by atoms with Crippen molar-refractivity contribution < 1.29 is 8.76 Å². The molecular weight excluding hydrogens is 188 g/mol. The molecule has 4 nitrogen and oxygen atoms in total. The van der Waals surface area contributed by atoms with E-state index < -0.39 is 10.2 Å². The summed E-state index contributed by atoms with van der Waals surface area (Å²) in [5.74, 6) is 0. The zero-order valence-electron chi connectivity index (χ0n) is 7.28. The maximum absolute atomic E-state index is 10.5. The first-order valence-corrected chi connectivity index (χ1v) is 5.30. The smallest absolute Gasteiger partial charge is 0.226 e. The fourth-order valence-corrected chi connectivity index (χ4v) is 1.25. The second-order valence-electron chi connectivity index (χ2n) is 2.83. The molecule has 0 bridgehead atoms. The second-order valence-corrected chi connectivity index (χ2v) is 4.17. The van der Waals surface area contributed by atoms with Crippen LogP contribution in [0.25, 0.3) is 0 Å². The van der Waals surface area contributed by atoms with Crippen LogP contribution in [0.3, 0.4) is 0 Å². The van der Waals surface area contributed by atoms with Gasteiger partial charge in [0.05, 0.1) is 0 Å². The monoisotopic (exact) mass is 200 g/mol. The molecule has 1 rings (SSSR count). The zero-order chi connectivity index (χ0) is 9.90. The van der Waals surface area contributed by atoms with Crippen LogP contribution in [0.15, 0.2) is 24.3 Å². The molecule has 0 saturated heterocycles. The molecule has 0 saturated carbocycles. The van der Waals surface area contributed by atoms with Crippen molar-refractivity contribution in [3.63, 3.8) is 0 Å². The fourth-order valence-electron chi connectivity index (χ4n) is 0.887. The van der Waals surface area contributed by atoms with E-state index in [0.717, 1.165) is 11.1 Å². The molecule has 0 fully saturated rings. The Morgan fingerprint density at radius 2 is 2.00 bits per heavy atom. The number of hydrogen-bond donors (Lipinski definition) is 3. The molecule has 0 aliphatic rings. The molecule has 0 aromatic heterocycles. The molecular formula is C8H12N2O2S. The third-order valence-corrected chi connectivity index (χ3v) is 2.13. The van der Waals surface area contributed by atoms with Crippen molar-refractivity contribution >= 4 is 10.2 Å². The molecule has 0 spiro atoms. The minimum Gasteiger partial charge on any atom is -0.289 e. The highest BCUT2D eigenvalue weighted by atomic mass is 32.2. The summed E-state index contributed by atoms with van der Waals surface area (Å²) in [5.41, 5.74) is 2.03. The van der Waals surface area contributed by atoms with Crippen LogP contribution in [0.1, 0.15) is 11.1 Å². The average molecular weight is 200 g/mol. The Kier molecular flexibility index (Phi) is 3.02. The van der Waals surface area contributed by atoms with E-state index in [-0.39, 0.29) is 6.54 Å². The van der Waals surface area contributed by atoms with Crippen LogP contribution in [0.2, 0.25) is 0 Å². The molecule has 1 aromatic carbocycles. The minimum absolute atomic E-state index is 0.235. The summed E-state index contributed by atoms with van der Waals surface area (Å²) in [7, 11) is -3.58. The van der Waals surface area contributed by atoms with Crippen molar-refractivity contribution in [1.82, 2.24) is 4.72 Å². The van der Waals surface area contributed by atoms with E-state index in [9.17, 15) is 4.21 Å². The Hall–Kier alpha value is -0.910. The van der Waals surface area contributed by atoms with Gasteiger partial charge in [0.25, 0.3) is 0 Å². The van der Waals surface area contributed by atoms with E-state index in [1.807, 2.05) is 31.2 Å². The van der Waals surface area contributed by atoms with E-state index >= 15 is 0 Å². The number of rotatable bonds is 3. The van der Waals surface area contributed by atoms with Crippen LogP contribution in [0, 0.1) is 11.7 Å². The lowest BCUT2D eigenvalue weighted by Gasteiger charge is -2.03. The summed E-state index contributed by atoms with van der Waals surface area (Å²) >= 11 is 0. The highest BCUT2D eigenvalue weighted by Gasteiger charge is 1.98. The van der Waals surface area contributed by atoms with Gasteiger partial charge in [-0.1, -0.05) is 29.8 Å². The average Bonchev–Trinajstić information content (AvgIpc) is 2.02. The minimum atomic E-state index is -3.58. The molecule has 0 heterocycles. The third kappa shape index (κ3) is 4.02. The van der Waals surface area contributed by atoms with Crippen LogP contribution in [-0.4, -0.2) is 8.76 Å². The lowest BCUT2D eigenvalue weighted by molar-refractivity contribution is 0.532. The Balaban J connectivity index is 2.61. The maximum Gasteiger partial charge on any atom is 0.226 e. The van der Waals surface area contributed by atoms with Gasteiger partial charge in [0, 0.05) is 6.54 Å². The van der Waals surface area contributed by atoms with Crippen molar-refractivity contribution in [2.75, 3.05) is 0 Å². The molecule has 1 unspecified atom stereocenters. The topological polar surface area (TPSA) is 73.2 Å². The van der Waals surface area contributed by atoms with Gasteiger partial charge in [-0.25, -0.2) is 13.7 Å². The van der Waals surface area contributed by atoms with Gasteiger partial charge in [-0.05, 0) is 12.5 Å². The predicted molar refractivity (Wildman–Crippen MR) is 51.5 cm³/mol. The molecule has 72 valence electrons. The quantitative estimate of drug-likeness (QED) is 0.692. The van der Waals surface area contributed by atoms with Crippen LogP contribution < -0.4 is 4.72 Å². The standard InChI is InChI=1S/C8H12N2O2S/c1-7-2-4-8(5-3-7)6-10-13(9,11)12/h2-5H,6H2,1H3,(H3,9,10,11,12).